The summed E-state index contributed by atoms with van der Waals surface area (Å²) in [5.74, 6) is 0.244. The molecule has 1 atom stereocenters. The molecule has 3 aromatic rings. The molecule has 0 amide bonds. The molecule has 1 heterocycles. The number of hydrogen-bond acceptors (Lipinski definition) is 6. The van der Waals surface area contributed by atoms with Crippen LogP contribution in [0.3, 0.4) is 0 Å². The maximum absolute atomic E-state index is 12.9. The Morgan fingerprint density at radius 1 is 1.05 bits per heavy atom. The third kappa shape index (κ3) is 8.54. The van der Waals surface area contributed by atoms with Crippen LogP contribution in [0, 0.1) is 0 Å². The van der Waals surface area contributed by atoms with Gasteiger partial charge in [0.1, 0.15) is 11.4 Å². The zero-order valence-corrected chi connectivity index (χ0v) is 24.7. The van der Waals surface area contributed by atoms with E-state index in [2.05, 4.69) is 49.3 Å². The first kappa shape index (κ1) is 30.6. The lowest BCUT2D eigenvalue weighted by molar-refractivity contribution is -0.189. The van der Waals surface area contributed by atoms with Crippen molar-refractivity contribution in [1.29, 1.82) is 0 Å². The summed E-state index contributed by atoms with van der Waals surface area (Å²) < 4.78 is 51.2. The smallest absolute Gasteiger partial charge is 0.425 e. The summed E-state index contributed by atoms with van der Waals surface area (Å²) in [6.45, 7) is 12.3. The Labute approximate surface area is 232 Å². The number of alkyl halides is 3. The second-order valence-corrected chi connectivity index (χ2v) is 16.0. The van der Waals surface area contributed by atoms with Gasteiger partial charge in [-0.15, -0.1) is 0 Å². The minimum Gasteiger partial charge on any atom is -0.481 e. The van der Waals surface area contributed by atoms with Crippen molar-refractivity contribution in [2.45, 2.75) is 71.1 Å². The van der Waals surface area contributed by atoms with Gasteiger partial charge in [0.2, 0.25) is 5.95 Å². The lowest BCUT2D eigenvalue weighted by Crippen LogP contribution is -2.41. The zero-order valence-electron chi connectivity index (χ0n) is 22.9. The second kappa shape index (κ2) is 12.1. The van der Waals surface area contributed by atoms with E-state index in [-0.39, 0.29) is 22.4 Å². The van der Waals surface area contributed by atoms with Crippen LogP contribution in [0.5, 0.6) is 5.75 Å². The van der Waals surface area contributed by atoms with Crippen molar-refractivity contribution in [3.63, 3.8) is 0 Å². The third-order valence-electron chi connectivity index (χ3n) is 6.68. The molecule has 2 aromatic carbocycles. The van der Waals surface area contributed by atoms with Gasteiger partial charge >= 0.3 is 6.18 Å². The van der Waals surface area contributed by atoms with E-state index < -0.39 is 26.2 Å². The SMILES string of the molecule is C[C@@H](Oc1ccc(Nc2nc(=O)c(CCO[Si](C)(C)C(C)(C)C)nn2Cc2ccc(Cl)cc2)cc1)C(F)(F)F. The molecule has 0 saturated heterocycles. The molecule has 0 aliphatic rings. The van der Waals surface area contributed by atoms with Gasteiger partial charge in [0.05, 0.1) is 6.54 Å². The van der Waals surface area contributed by atoms with Crippen LogP contribution in [0.25, 0.3) is 0 Å². The summed E-state index contributed by atoms with van der Waals surface area (Å²) in [5.41, 5.74) is 1.17. The first-order valence-corrected chi connectivity index (χ1v) is 15.8. The molecular formula is C27H34ClF3N4O3Si. The quantitative estimate of drug-likeness (QED) is 0.260. The Bertz CT molecular complexity index is 1310. The Morgan fingerprint density at radius 2 is 1.67 bits per heavy atom. The minimum absolute atomic E-state index is 0.0343. The largest absolute Gasteiger partial charge is 0.481 e. The molecular weight excluding hydrogens is 549 g/mol. The molecule has 0 fully saturated rings. The normalized spacial score (nSPS) is 13.3. The van der Waals surface area contributed by atoms with Crippen LogP contribution in [-0.4, -0.2) is 42.0 Å². The predicted octanol–water partition coefficient (Wildman–Crippen LogP) is 6.98. The van der Waals surface area contributed by atoms with Gasteiger partial charge in [0, 0.05) is 23.7 Å². The van der Waals surface area contributed by atoms with E-state index in [1.54, 1.807) is 16.8 Å². The summed E-state index contributed by atoms with van der Waals surface area (Å²) >= 11 is 6.02. The average molecular weight is 583 g/mol. The molecule has 0 bridgehead atoms. The molecule has 0 unspecified atom stereocenters. The lowest BCUT2D eigenvalue weighted by atomic mass is 10.2. The molecule has 39 heavy (non-hydrogen) atoms. The number of hydrogen-bond donors (Lipinski definition) is 1. The number of benzene rings is 2. The molecule has 212 valence electrons. The Morgan fingerprint density at radius 3 is 2.23 bits per heavy atom. The van der Waals surface area contributed by atoms with Gasteiger partial charge in [-0.3, -0.25) is 4.79 Å². The molecule has 1 N–H and O–H groups in total. The van der Waals surface area contributed by atoms with Crippen LogP contribution in [-0.2, 0) is 17.4 Å². The Kier molecular flexibility index (Phi) is 9.50. The zero-order chi connectivity index (χ0) is 29.0. The first-order valence-electron chi connectivity index (χ1n) is 12.5. The van der Waals surface area contributed by atoms with E-state index in [0.29, 0.717) is 30.3 Å². The van der Waals surface area contributed by atoms with Crippen molar-refractivity contribution < 1.29 is 22.3 Å². The second-order valence-electron chi connectivity index (χ2n) is 10.8. The molecule has 0 aliphatic carbocycles. The summed E-state index contributed by atoms with van der Waals surface area (Å²) in [5, 5.41) is 8.25. The number of anilines is 2. The molecule has 3 rings (SSSR count). The van der Waals surface area contributed by atoms with Crippen LogP contribution in [0.1, 0.15) is 39.0 Å². The van der Waals surface area contributed by atoms with Gasteiger partial charge in [0.15, 0.2) is 14.4 Å². The van der Waals surface area contributed by atoms with E-state index in [1.165, 1.54) is 24.3 Å². The third-order valence-corrected chi connectivity index (χ3v) is 11.5. The van der Waals surface area contributed by atoms with Crippen molar-refractivity contribution in [2.24, 2.45) is 0 Å². The fourth-order valence-corrected chi connectivity index (χ4v) is 4.38. The van der Waals surface area contributed by atoms with Crippen molar-refractivity contribution in [2.75, 3.05) is 11.9 Å². The van der Waals surface area contributed by atoms with Crippen molar-refractivity contribution >= 4 is 31.6 Å². The van der Waals surface area contributed by atoms with E-state index in [9.17, 15) is 18.0 Å². The van der Waals surface area contributed by atoms with Crippen molar-refractivity contribution in [3.05, 3.63) is 75.2 Å². The van der Waals surface area contributed by atoms with Gasteiger partial charge in [0.25, 0.3) is 5.56 Å². The van der Waals surface area contributed by atoms with E-state index in [4.69, 9.17) is 20.8 Å². The van der Waals surface area contributed by atoms with E-state index in [1.807, 2.05) is 12.1 Å². The monoisotopic (exact) mass is 582 g/mol. The number of ether oxygens (including phenoxy) is 1. The fourth-order valence-electron chi connectivity index (χ4n) is 3.21. The minimum atomic E-state index is -4.47. The highest BCUT2D eigenvalue weighted by molar-refractivity contribution is 6.74. The van der Waals surface area contributed by atoms with Crippen LogP contribution in [0.15, 0.2) is 53.3 Å². The maximum Gasteiger partial charge on any atom is 0.425 e. The fraction of sp³-hybridized carbons (Fsp3) is 0.444. The highest BCUT2D eigenvalue weighted by Crippen LogP contribution is 2.36. The van der Waals surface area contributed by atoms with Crippen molar-refractivity contribution in [3.8, 4) is 5.75 Å². The number of halogens is 4. The number of nitrogens with one attached hydrogen (secondary N) is 1. The van der Waals surface area contributed by atoms with Crippen molar-refractivity contribution in [1.82, 2.24) is 14.8 Å². The summed E-state index contributed by atoms with van der Waals surface area (Å²) in [6, 6.07) is 13.1. The van der Waals surface area contributed by atoms with Gasteiger partial charge in [-0.2, -0.15) is 23.3 Å². The topological polar surface area (TPSA) is 78.3 Å². The molecule has 1 aromatic heterocycles. The molecule has 0 spiro atoms. The van der Waals surface area contributed by atoms with Gasteiger partial charge < -0.3 is 14.5 Å². The summed E-state index contributed by atoms with van der Waals surface area (Å²) in [6.07, 6.45) is -6.11. The predicted molar refractivity (Wildman–Crippen MR) is 150 cm³/mol. The summed E-state index contributed by atoms with van der Waals surface area (Å²) in [7, 11) is -2.00. The number of rotatable bonds is 10. The summed E-state index contributed by atoms with van der Waals surface area (Å²) in [4.78, 5) is 17.1. The standard InChI is InChI=1S/C27H34ClF3N4O3Si/c1-18(27(29,30)31)38-22-13-11-21(12-14-22)32-25-33-24(36)23(15-16-37-39(5,6)26(2,3)4)34-35(25)17-19-7-9-20(28)10-8-19/h7-14,18H,15-17H2,1-6H3,(H,32,33,36)/t18-/m1/s1. The molecule has 7 nitrogen and oxygen atoms in total. The highest BCUT2D eigenvalue weighted by atomic mass is 35.5. The Hall–Kier alpha value is -2.89. The molecule has 12 heteroatoms. The molecule has 0 aliphatic heterocycles. The van der Waals surface area contributed by atoms with Gasteiger partial charge in [-0.05, 0) is 67.0 Å². The van der Waals surface area contributed by atoms with Crippen LogP contribution < -0.4 is 15.6 Å². The van der Waals surface area contributed by atoms with Crippen LogP contribution >= 0.6 is 11.6 Å². The highest BCUT2D eigenvalue weighted by Gasteiger charge is 2.38. The molecule has 0 radical (unpaired) electrons. The van der Waals surface area contributed by atoms with E-state index >= 15 is 0 Å². The maximum atomic E-state index is 12.9. The lowest BCUT2D eigenvalue weighted by Gasteiger charge is -2.36. The van der Waals surface area contributed by atoms with Gasteiger partial charge in [-0.1, -0.05) is 44.5 Å². The van der Waals surface area contributed by atoms with Crippen LogP contribution in [0.4, 0.5) is 24.8 Å². The Balaban J connectivity index is 1.84. The number of nitrogens with zero attached hydrogens (tertiary/aromatic N) is 3. The number of aromatic nitrogens is 3. The first-order chi connectivity index (χ1) is 18.0. The average Bonchev–Trinajstić information content (AvgIpc) is 2.83. The van der Waals surface area contributed by atoms with Crippen LogP contribution in [0.2, 0.25) is 23.2 Å². The van der Waals surface area contributed by atoms with Gasteiger partial charge in [-0.25, -0.2) is 4.68 Å². The molecule has 0 saturated carbocycles. The van der Waals surface area contributed by atoms with E-state index in [0.717, 1.165) is 12.5 Å².